The maximum Gasteiger partial charge on any atom is 0.338 e. The fourth-order valence-electron chi connectivity index (χ4n) is 2.45. The number of carbonyl (C=O) groups excluding carboxylic acids is 2. The first-order valence-electron chi connectivity index (χ1n) is 8.10. The van der Waals surface area contributed by atoms with Crippen molar-refractivity contribution in [3.05, 3.63) is 65.0 Å². The second-order valence-electron chi connectivity index (χ2n) is 5.80. The van der Waals surface area contributed by atoms with Crippen molar-refractivity contribution in [1.82, 2.24) is 0 Å². The quantitative estimate of drug-likeness (QED) is 0.744. The number of amides is 1. The van der Waals surface area contributed by atoms with E-state index in [1.807, 2.05) is 19.1 Å². The van der Waals surface area contributed by atoms with Crippen LogP contribution >= 0.6 is 0 Å². The Kier molecular flexibility index (Phi) is 6.45. The Hall–Kier alpha value is -3.20. The molecule has 0 fully saturated rings. The van der Waals surface area contributed by atoms with E-state index in [9.17, 15) is 14.0 Å². The lowest BCUT2D eigenvalue weighted by Gasteiger charge is -2.22. The summed E-state index contributed by atoms with van der Waals surface area (Å²) in [5, 5.41) is 8.77. The van der Waals surface area contributed by atoms with Gasteiger partial charge in [0.2, 0.25) is 0 Å². The monoisotopic (exact) mass is 354 g/mol. The van der Waals surface area contributed by atoms with Crippen molar-refractivity contribution in [2.45, 2.75) is 20.3 Å². The van der Waals surface area contributed by atoms with Crippen molar-refractivity contribution in [2.75, 3.05) is 18.1 Å². The molecule has 134 valence electrons. The highest BCUT2D eigenvalue weighted by Crippen LogP contribution is 2.19. The molecule has 0 radical (unpaired) electrons. The van der Waals surface area contributed by atoms with Crippen molar-refractivity contribution >= 4 is 17.6 Å². The molecule has 0 aliphatic carbocycles. The van der Waals surface area contributed by atoms with Crippen LogP contribution in [0.4, 0.5) is 10.1 Å². The molecule has 0 aromatic heterocycles. The first kappa shape index (κ1) is 19.1. The molecule has 0 bridgehead atoms. The fourth-order valence-corrected chi connectivity index (χ4v) is 2.45. The molecule has 0 unspecified atom stereocenters. The predicted molar refractivity (Wildman–Crippen MR) is 95.2 cm³/mol. The summed E-state index contributed by atoms with van der Waals surface area (Å²) >= 11 is 0. The van der Waals surface area contributed by atoms with Crippen LogP contribution in [0.15, 0.2) is 42.5 Å². The fraction of sp³-hybridized carbons (Fsp3) is 0.250. The number of aryl methyl sites for hydroxylation is 2. The minimum Gasteiger partial charge on any atom is -0.452 e. The van der Waals surface area contributed by atoms with E-state index >= 15 is 0 Å². The molecule has 0 spiro atoms. The van der Waals surface area contributed by atoms with Crippen LogP contribution in [0.25, 0.3) is 0 Å². The van der Waals surface area contributed by atoms with Gasteiger partial charge in [-0.25, -0.2) is 9.18 Å². The van der Waals surface area contributed by atoms with Crippen molar-refractivity contribution in [3.63, 3.8) is 0 Å². The second kappa shape index (κ2) is 8.77. The van der Waals surface area contributed by atoms with Crippen molar-refractivity contribution < 1.29 is 18.7 Å². The molecule has 26 heavy (non-hydrogen) atoms. The van der Waals surface area contributed by atoms with Gasteiger partial charge in [0.05, 0.1) is 23.7 Å². The van der Waals surface area contributed by atoms with E-state index in [-0.39, 0.29) is 18.7 Å². The summed E-state index contributed by atoms with van der Waals surface area (Å²) in [4.78, 5) is 25.8. The first-order chi connectivity index (χ1) is 12.4. The van der Waals surface area contributed by atoms with Crippen LogP contribution in [0.2, 0.25) is 0 Å². The number of anilines is 1. The van der Waals surface area contributed by atoms with Crippen LogP contribution < -0.4 is 4.90 Å². The average Bonchev–Trinajstić information content (AvgIpc) is 2.63. The molecule has 5 nitrogen and oxygen atoms in total. The third kappa shape index (κ3) is 4.67. The topological polar surface area (TPSA) is 70.4 Å². The highest BCUT2D eigenvalue weighted by molar-refractivity contribution is 5.97. The van der Waals surface area contributed by atoms with Gasteiger partial charge in [0, 0.05) is 6.54 Å². The third-order valence-electron chi connectivity index (χ3n) is 3.83. The van der Waals surface area contributed by atoms with Gasteiger partial charge in [-0.15, -0.1) is 0 Å². The lowest BCUT2D eigenvalue weighted by molar-refractivity contribution is -0.121. The van der Waals surface area contributed by atoms with Crippen LogP contribution in [0.3, 0.4) is 0 Å². The van der Waals surface area contributed by atoms with E-state index in [2.05, 4.69) is 0 Å². The Labute approximate surface area is 151 Å². The van der Waals surface area contributed by atoms with Gasteiger partial charge in [0.1, 0.15) is 5.82 Å². The van der Waals surface area contributed by atoms with E-state index in [1.54, 1.807) is 25.1 Å². The molecular formula is C20H19FN2O3. The Morgan fingerprint density at radius 3 is 2.62 bits per heavy atom. The van der Waals surface area contributed by atoms with Crippen molar-refractivity contribution in [1.29, 1.82) is 5.26 Å². The summed E-state index contributed by atoms with van der Waals surface area (Å²) in [5.41, 5.74) is 2.07. The van der Waals surface area contributed by atoms with E-state index in [0.717, 1.165) is 16.0 Å². The summed E-state index contributed by atoms with van der Waals surface area (Å²) < 4.78 is 19.1. The number of hydrogen-bond donors (Lipinski definition) is 0. The van der Waals surface area contributed by atoms with Crippen LogP contribution in [0.1, 0.15) is 27.9 Å². The Balaban J connectivity index is 2.12. The first-order valence-corrected chi connectivity index (χ1v) is 8.10. The molecule has 0 atom stereocenters. The highest BCUT2D eigenvalue weighted by Gasteiger charge is 2.21. The normalized spacial score (nSPS) is 10.1. The number of esters is 1. The van der Waals surface area contributed by atoms with E-state index in [1.165, 1.54) is 18.2 Å². The molecule has 0 saturated carbocycles. The van der Waals surface area contributed by atoms with Crippen molar-refractivity contribution in [2.24, 2.45) is 0 Å². The lowest BCUT2D eigenvalue weighted by atomic mass is 10.1. The van der Waals surface area contributed by atoms with E-state index < -0.39 is 24.3 Å². The zero-order valence-electron chi connectivity index (χ0n) is 14.7. The molecule has 2 aromatic rings. The molecule has 0 aliphatic rings. The number of halogens is 1. The number of ether oxygens (including phenoxy) is 1. The Morgan fingerprint density at radius 1 is 1.19 bits per heavy atom. The van der Waals surface area contributed by atoms with Gasteiger partial charge >= 0.3 is 5.97 Å². The van der Waals surface area contributed by atoms with Gasteiger partial charge in [-0.05, 0) is 37.6 Å². The maximum absolute atomic E-state index is 14.0. The highest BCUT2D eigenvalue weighted by atomic mass is 19.1. The predicted octanol–water partition coefficient (Wildman–Crippen LogP) is 3.55. The van der Waals surface area contributed by atoms with Crippen LogP contribution in [-0.4, -0.2) is 25.0 Å². The summed E-state index contributed by atoms with van der Waals surface area (Å²) in [7, 11) is 0. The average molecular weight is 354 g/mol. The van der Waals surface area contributed by atoms with Gasteiger partial charge in [-0.1, -0.05) is 29.8 Å². The van der Waals surface area contributed by atoms with Crippen molar-refractivity contribution in [3.8, 4) is 6.07 Å². The van der Waals surface area contributed by atoms with Gasteiger partial charge < -0.3 is 9.64 Å². The van der Waals surface area contributed by atoms with Gasteiger partial charge in [0.25, 0.3) is 5.91 Å². The molecule has 0 heterocycles. The van der Waals surface area contributed by atoms with Crippen LogP contribution in [-0.2, 0) is 9.53 Å². The molecule has 2 rings (SSSR count). The summed E-state index contributed by atoms with van der Waals surface area (Å²) in [5.74, 6) is -1.79. The number of nitrogens with zero attached hydrogens (tertiary/aromatic N) is 2. The van der Waals surface area contributed by atoms with Crippen LogP contribution in [0, 0.1) is 31.0 Å². The molecule has 0 aliphatic heterocycles. The standard InChI is InChI=1S/C20H19FN2O3/c1-14-8-9-15(2)16(12-14)20(25)26-13-19(24)23(11-5-10-22)18-7-4-3-6-17(18)21/h3-4,6-9,12H,5,11,13H2,1-2H3. The van der Waals surface area contributed by atoms with Gasteiger partial charge in [-0.3, -0.25) is 4.79 Å². The smallest absolute Gasteiger partial charge is 0.338 e. The van der Waals surface area contributed by atoms with Gasteiger partial charge in [-0.2, -0.15) is 5.26 Å². The maximum atomic E-state index is 14.0. The van der Waals surface area contributed by atoms with E-state index in [0.29, 0.717) is 5.56 Å². The van der Waals surface area contributed by atoms with E-state index in [4.69, 9.17) is 10.00 Å². The minimum atomic E-state index is -0.617. The number of benzene rings is 2. The number of rotatable bonds is 6. The molecule has 0 saturated heterocycles. The SMILES string of the molecule is Cc1ccc(C)c(C(=O)OCC(=O)N(CCC#N)c2ccccc2F)c1. The minimum absolute atomic E-state index is 0.0112. The molecule has 6 heteroatoms. The molecule has 2 aromatic carbocycles. The molecule has 0 N–H and O–H groups in total. The Bertz CT molecular complexity index is 858. The zero-order valence-corrected chi connectivity index (χ0v) is 14.7. The number of nitriles is 1. The number of para-hydroxylation sites is 1. The summed E-state index contributed by atoms with van der Waals surface area (Å²) in [6.07, 6.45) is 0.0327. The second-order valence-corrected chi connectivity index (χ2v) is 5.80. The van der Waals surface area contributed by atoms with Crippen LogP contribution in [0.5, 0.6) is 0 Å². The largest absolute Gasteiger partial charge is 0.452 e. The summed E-state index contributed by atoms with van der Waals surface area (Å²) in [6.45, 7) is 3.10. The van der Waals surface area contributed by atoms with Gasteiger partial charge in [0.15, 0.2) is 6.61 Å². The number of carbonyl (C=O) groups is 2. The Morgan fingerprint density at radius 2 is 1.92 bits per heavy atom. The molecular weight excluding hydrogens is 335 g/mol. The lowest BCUT2D eigenvalue weighted by Crippen LogP contribution is -2.36. The number of hydrogen-bond acceptors (Lipinski definition) is 4. The zero-order chi connectivity index (χ0) is 19.1. The summed E-state index contributed by atoms with van der Waals surface area (Å²) in [6, 6.07) is 13.0. The molecule has 1 amide bonds. The third-order valence-corrected chi connectivity index (χ3v) is 3.83.